The zero-order valence-electron chi connectivity index (χ0n) is 10.2. The molecular weight excluding hydrogens is 348 g/mol. The fourth-order valence-corrected chi connectivity index (χ4v) is 2.81. The van der Waals surface area contributed by atoms with Crippen LogP contribution in [0.2, 0.25) is 5.02 Å². The fourth-order valence-electron chi connectivity index (χ4n) is 2.21. The molecule has 0 aliphatic rings. The SMILES string of the molecule is Fc1ccc(Br)c(F)c1Cn1ccc2c(Cl)cccc21. The van der Waals surface area contributed by atoms with Crippen LogP contribution in [0.15, 0.2) is 47.1 Å². The maximum atomic E-state index is 14.0. The van der Waals surface area contributed by atoms with E-state index < -0.39 is 11.6 Å². The summed E-state index contributed by atoms with van der Waals surface area (Å²) in [5, 5.41) is 1.49. The van der Waals surface area contributed by atoms with Crippen LogP contribution in [-0.4, -0.2) is 4.57 Å². The van der Waals surface area contributed by atoms with Crippen molar-refractivity contribution in [3.05, 3.63) is 69.3 Å². The van der Waals surface area contributed by atoms with Gasteiger partial charge in [-0.25, -0.2) is 8.78 Å². The van der Waals surface area contributed by atoms with E-state index in [2.05, 4.69) is 15.9 Å². The lowest BCUT2D eigenvalue weighted by molar-refractivity contribution is 0.543. The van der Waals surface area contributed by atoms with Gasteiger partial charge in [0.1, 0.15) is 11.6 Å². The van der Waals surface area contributed by atoms with Crippen molar-refractivity contribution >= 4 is 38.4 Å². The summed E-state index contributed by atoms with van der Waals surface area (Å²) in [7, 11) is 0. The highest BCUT2D eigenvalue weighted by Gasteiger charge is 2.14. The molecule has 1 aromatic heterocycles. The summed E-state index contributed by atoms with van der Waals surface area (Å²) in [6, 6.07) is 9.92. The van der Waals surface area contributed by atoms with Crippen molar-refractivity contribution in [1.82, 2.24) is 4.57 Å². The molecule has 0 N–H and O–H groups in total. The first-order chi connectivity index (χ1) is 9.58. The molecule has 102 valence electrons. The second kappa shape index (κ2) is 5.19. The number of hydrogen-bond donors (Lipinski definition) is 0. The minimum absolute atomic E-state index is 0.0249. The van der Waals surface area contributed by atoms with Crippen LogP contribution in [0.3, 0.4) is 0 Å². The Morgan fingerprint density at radius 3 is 2.70 bits per heavy atom. The van der Waals surface area contributed by atoms with E-state index in [1.807, 2.05) is 18.2 Å². The quantitative estimate of drug-likeness (QED) is 0.543. The predicted molar refractivity (Wildman–Crippen MR) is 80.1 cm³/mol. The average molecular weight is 357 g/mol. The van der Waals surface area contributed by atoms with E-state index in [0.29, 0.717) is 5.02 Å². The number of fused-ring (bicyclic) bond motifs is 1. The Bertz CT molecular complexity index is 798. The molecule has 0 spiro atoms. The molecule has 0 aliphatic carbocycles. The van der Waals surface area contributed by atoms with Crippen LogP contribution in [0.5, 0.6) is 0 Å². The molecule has 3 aromatic rings. The Labute approximate surface area is 127 Å². The zero-order valence-corrected chi connectivity index (χ0v) is 12.5. The van der Waals surface area contributed by atoms with Crippen molar-refractivity contribution in [1.29, 1.82) is 0 Å². The molecule has 0 aliphatic heterocycles. The van der Waals surface area contributed by atoms with Gasteiger partial charge in [0.05, 0.1) is 11.0 Å². The van der Waals surface area contributed by atoms with Gasteiger partial charge in [-0.15, -0.1) is 0 Å². The Kier molecular flexibility index (Phi) is 3.52. The minimum Gasteiger partial charge on any atom is -0.343 e. The molecule has 0 unspecified atom stereocenters. The van der Waals surface area contributed by atoms with E-state index in [-0.39, 0.29) is 16.6 Å². The molecule has 0 bridgehead atoms. The van der Waals surface area contributed by atoms with Crippen LogP contribution < -0.4 is 0 Å². The predicted octanol–water partition coefficient (Wildman–Crippen LogP) is 5.38. The average Bonchev–Trinajstić information content (AvgIpc) is 2.84. The lowest BCUT2D eigenvalue weighted by atomic mass is 10.2. The Morgan fingerprint density at radius 2 is 1.90 bits per heavy atom. The summed E-state index contributed by atoms with van der Waals surface area (Å²) < 4.78 is 29.8. The van der Waals surface area contributed by atoms with Gasteiger partial charge in [-0.05, 0) is 46.3 Å². The highest BCUT2D eigenvalue weighted by Crippen LogP contribution is 2.27. The van der Waals surface area contributed by atoms with E-state index in [1.54, 1.807) is 16.8 Å². The molecular formula is C15H9BrClF2N. The molecule has 0 saturated carbocycles. The summed E-state index contributed by atoms with van der Waals surface area (Å²) in [4.78, 5) is 0. The van der Waals surface area contributed by atoms with Crippen molar-refractivity contribution in [3.8, 4) is 0 Å². The monoisotopic (exact) mass is 355 g/mol. The summed E-state index contributed by atoms with van der Waals surface area (Å²) in [5.41, 5.74) is 0.869. The molecule has 1 nitrogen and oxygen atoms in total. The lowest BCUT2D eigenvalue weighted by Crippen LogP contribution is -2.04. The van der Waals surface area contributed by atoms with Crippen molar-refractivity contribution in [2.45, 2.75) is 6.54 Å². The first kappa shape index (κ1) is 13.6. The number of rotatable bonds is 2. The summed E-state index contributed by atoms with van der Waals surface area (Å²) >= 11 is 9.17. The van der Waals surface area contributed by atoms with E-state index in [0.717, 1.165) is 10.9 Å². The van der Waals surface area contributed by atoms with Gasteiger partial charge in [-0.2, -0.15) is 0 Å². The van der Waals surface area contributed by atoms with Gasteiger partial charge in [0.2, 0.25) is 0 Å². The summed E-state index contributed by atoms with van der Waals surface area (Å²) in [5.74, 6) is -1.14. The normalized spacial score (nSPS) is 11.2. The molecule has 0 saturated heterocycles. The van der Waals surface area contributed by atoms with Gasteiger partial charge < -0.3 is 4.57 Å². The maximum Gasteiger partial charge on any atom is 0.145 e. The molecule has 3 rings (SSSR count). The minimum atomic E-state index is -0.575. The van der Waals surface area contributed by atoms with Crippen molar-refractivity contribution in [2.75, 3.05) is 0 Å². The summed E-state index contributed by atoms with van der Waals surface area (Å²) in [6.07, 6.45) is 1.77. The van der Waals surface area contributed by atoms with E-state index in [4.69, 9.17) is 11.6 Å². The first-order valence-electron chi connectivity index (χ1n) is 5.93. The van der Waals surface area contributed by atoms with E-state index in [9.17, 15) is 8.78 Å². The molecule has 5 heteroatoms. The smallest absolute Gasteiger partial charge is 0.145 e. The van der Waals surface area contributed by atoms with Gasteiger partial charge in [0.15, 0.2) is 0 Å². The largest absolute Gasteiger partial charge is 0.343 e. The van der Waals surface area contributed by atoms with Crippen LogP contribution in [0.1, 0.15) is 5.56 Å². The second-order valence-electron chi connectivity index (χ2n) is 4.44. The number of halogens is 4. The molecule has 0 radical (unpaired) electrons. The van der Waals surface area contributed by atoms with Crippen LogP contribution in [0.4, 0.5) is 8.78 Å². The number of nitrogens with zero attached hydrogens (tertiary/aromatic N) is 1. The standard InChI is InChI=1S/C15H9BrClF2N/c16-11-4-5-13(18)10(15(11)19)8-20-7-6-9-12(17)2-1-3-14(9)20/h1-7H,8H2. The molecule has 0 amide bonds. The molecule has 0 fully saturated rings. The molecule has 20 heavy (non-hydrogen) atoms. The van der Waals surface area contributed by atoms with Gasteiger partial charge in [-0.3, -0.25) is 0 Å². The maximum absolute atomic E-state index is 14.0. The van der Waals surface area contributed by atoms with Crippen LogP contribution in [0.25, 0.3) is 10.9 Å². The number of benzene rings is 2. The third-order valence-corrected chi connectivity index (χ3v) is 4.17. The van der Waals surface area contributed by atoms with Crippen molar-refractivity contribution < 1.29 is 8.78 Å². The van der Waals surface area contributed by atoms with Crippen LogP contribution in [-0.2, 0) is 6.54 Å². The third-order valence-electron chi connectivity index (χ3n) is 3.23. The van der Waals surface area contributed by atoms with Crippen LogP contribution >= 0.6 is 27.5 Å². The number of aromatic nitrogens is 1. The zero-order chi connectivity index (χ0) is 14.3. The number of hydrogen-bond acceptors (Lipinski definition) is 0. The molecule has 1 heterocycles. The molecule has 0 atom stereocenters. The Balaban J connectivity index is 2.11. The van der Waals surface area contributed by atoms with E-state index >= 15 is 0 Å². The van der Waals surface area contributed by atoms with Gasteiger partial charge >= 0.3 is 0 Å². The Morgan fingerprint density at radius 1 is 1.10 bits per heavy atom. The molecule has 2 aromatic carbocycles. The van der Waals surface area contributed by atoms with Gasteiger partial charge in [0, 0.05) is 27.7 Å². The van der Waals surface area contributed by atoms with Crippen LogP contribution in [0, 0.1) is 11.6 Å². The Hall–Kier alpha value is -1.39. The fraction of sp³-hybridized carbons (Fsp3) is 0.0667. The van der Waals surface area contributed by atoms with Crippen molar-refractivity contribution in [2.24, 2.45) is 0 Å². The highest BCUT2D eigenvalue weighted by molar-refractivity contribution is 9.10. The summed E-state index contributed by atoms with van der Waals surface area (Å²) in [6.45, 7) is 0.112. The van der Waals surface area contributed by atoms with Gasteiger partial charge in [-0.1, -0.05) is 17.7 Å². The van der Waals surface area contributed by atoms with Gasteiger partial charge in [0.25, 0.3) is 0 Å². The van der Waals surface area contributed by atoms with E-state index in [1.165, 1.54) is 12.1 Å². The topological polar surface area (TPSA) is 4.93 Å². The highest BCUT2D eigenvalue weighted by atomic mass is 79.9. The first-order valence-corrected chi connectivity index (χ1v) is 7.11. The van der Waals surface area contributed by atoms with Crippen molar-refractivity contribution in [3.63, 3.8) is 0 Å². The lowest BCUT2D eigenvalue weighted by Gasteiger charge is -2.09. The third kappa shape index (κ3) is 2.23. The second-order valence-corrected chi connectivity index (χ2v) is 5.70.